The third kappa shape index (κ3) is 3.12. The lowest BCUT2D eigenvalue weighted by Crippen LogP contribution is -2.49. The van der Waals surface area contributed by atoms with Crippen LogP contribution in [-0.4, -0.2) is 23.8 Å². The SMILES string of the molecule is N#C[C@]1(C(N)=O)[C@H](c2ccc(F)cc2)[C@H](C(=O)c2ccc(Cl)cc2)N2c3ccccc3C=C[C@@H]21. The summed E-state index contributed by atoms with van der Waals surface area (Å²) in [6, 6.07) is 19.9. The number of nitrogens with two attached hydrogens (primary N) is 1. The van der Waals surface area contributed by atoms with E-state index in [9.17, 15) is 19.2 Å². The molecule has 34 heavy (non-hydrogen) atoms. The van der Waals surface area contributed by atoms with Crippen LogP contribution in [0.3, 0.4) is 0 Å². The maximum atomic E-state index is 14.1. The number of anilines is 1. The van der Waals surface area contributed by atoms with E-state index in [1.165, 1.54) is 24.3 Å². The monoisotopic (exact) mass is 471 g/mol. The van der Waals surface area contributed by atoms with E-state index in [4.69, 9.17) is 17.3 Å². The number of hydrogen-bond donors (Lipinski definition) is 1. The van der Waals surface area contributed by atoms with Crippen LogP contribution in [0.5, 0.6) is 0 Å². The fourth-order valence-corrected chi connectivity index (χ4v) is 5.38. The van der Waals surface area contributed by atoms with Crippen LogP contribution in [0.1, 0.15) is 27.4 Å². The molecule has 2 heterocycles. The van der Waals surface area contributed by atoms with Crippen molar-refractivity contribution in [3.63, 3.8) is 0 Å². The Bertz CT molecular complexity index is 1360. The second-order valence-corrected chi connectivity index (χ2v) is 8.90. The van der Waals surface area contributed by atoms with E-state index in [2.05, 4.69) is 6.07 Å². The molecule has 0 bridgehead atoms. The Morgan fingerprint density at radius 1 is 1.03 bits per heavy atom. The molecule has 0 spiro atoms. The Labute approximate surface area is 200 Å². The summed E-state index contributed by atoms with van der Waals surface area (Å²) >= 11 is 6.03. The van der Waals surface area contributed by atoms with Gasteiger partial charge in [0.2, 0.25) is 5.91 Å². The van der Waals surface area contributed by atoms with Crippen molar-refractivity contribution in [2.24, 2.45) is 11.1 Å². The molecule has 3 aromatic carbocycles. The van der Waals surface area contributed by atoms with Crippen LogP contribution in [0.4, 0.5) is 10.1 Å². The van der Waals surface area contributed by atoms with Crippen LogP contribution in [-0.2, 0) is 4.79 Å². The van der Waals surface area contributed by atoms with Crippen LogP contribution >= 0.6 is 11.6 Å². The van der Waals surface area contributed by atoms with Gasteiger partial charge in [-0.05, 0) is 53.6 Å². The summed E-state index contributed by atoms with van der Waals surface area (Å²) in [5.41, 5.74) is 6.58. The standard InChI is InChI=1S/C27H19ClFN3O2/c28-19-10-5-18(6-11-19)25(33)24-23(17-7-12-20(29)13-8-17)27(15-30,26(31)34)22-14-9-16-3-1-2-4-21(16)32(22)24/h1-14,22-24H,(H2,31,34)/t22-,23-,24-,27-/m1/s1. The Balaban J connectivity index is 1.80. The van der Waals surface area contributed by atoms with Crippen molar-refractivity contribution in [1.82, 2.24) is 0 Å². The van der Waals surface area contributed by atoms with Gasteiger partial charge in [0.25, 0.3) is 0 Å². The number of fused-ring (bicyclic) bond motifs is 3. The molecular weight excluding hydrogens is 453 g/mol. The summed E-state index contributed by atoms with van der Waals surface area (Å²) in [6.45, 7) is 0. The molecule has 0 radical (unpaired) electrons. The molecule has 0 aliphatic carbocycles. The molecule has 2 N–H and O–H groups in total. The van der Waals surface area contributed by atoms with Crippen molar-refractivity contribution in [3.05, 3.63) is 106 Å². The summed E-state index contributed by atoms with van der Waals surface area (Å²) in [4.78, 5) is 28.9. The molecule has 2 aliphatic rings. The lowest BCUT2D eigenvalue weighted by molar-refractivity contribution is -0.125. The van der Waals surface area contributed by atoms with Gasteiger partial charge in [-0.25, -0.2) is 4.39 Å². The predicted molar refractivity (Wildman–Crippen MR) is 128 cm³/mol. The zero-order valence-corrected chi connectivity index (χ0v) is 18.6. The van der Waals surface area contributed by atoms with Gasteiger partial charge in [-0.15, -0.1) is 0 Å². The maximum absolute atomic E-state index is 14.1. The molecule has 1 amide bonds. The molecular formula is C27H19ClFN3O2. The Morgan fingerprint density at radius 3 is 2.35 bits per heavy atom. The second kappa shape index (κ2) is 8.12. The number of benzene rings is 3. The van der Waals surface area contributed by atoms with Crippen molar-refractivity contribution in [2.75, 3.05) is 4.90 Å². The van der Waals surface area contributed by atoms with Crippen LogP contribution in [0, 0.1) is 22.6 Å². The van der Waals surface area contributed by atoms with E-state index in [1.807, 2.05) is 35.2 Å². The predicted octanol–water partition coefficient (Wildman–Crippen LogP) is 4.73. The molecule has 0 unspecified atom stereocenters. The Kier molecular flexibility index (Phi) is 5.22. The zero-order valence-electron chi connectivity index (χ0n) is 17.9. The number of carbonyl (C=O) groups excluding carboxylic acids is 2. The third-order valence-corrected chi connectivity index (χ3v) is 7.02. The van der Waals surface area contributed by atoms with Crippen molar-refractivity contribution >= 4 is 35.1 Å². The number of nitrogens with zero attached hydrogens (tertiary/aromatic N) is 2. The number of halogens is 2. The first-order valence-corrected chi connectivity index (χ1v) is 11.1. The minimum absolute atomic E-state index is 0.292. The number of nitriles is 1. The smallest absolute Gasteiger partial charge is 0.241 e. The van der Waals surface area contributed by atoms with Gasteiger partial charge in [-0.2, -0.15) is 5.26 Å². The largest absolute Gasteiger partial charge is 0.368 e. The molecule has 0 aromatic heterocycles. The first-order valence-electron chi connectivity index (χ1n) is 10.7. The number of ketones is 1. The number of carbonyl (C=O) groups is 2. The summed E-state index contributed by atoms with van der Waals surface area (Å²) < 4.78 is 13.8. The number of para-hydroxylation sites is 1. The number of Topliss-reactive ketones (excluding diaryl/α,β-unsaturated/α-hetero) is 1. The van der Waals surface area contributed by atoms with E-state index in [0.29, 0.717) is 21.8 Å². The molecule has 2 aliphatic heterocycles. The van der Waals surface area contributed by atoms with Crippen molar-refractivity contribution < 1.29 is 14.0 Å². The average Bonchev–Trinajstić information content (AvgIpc) is 3.16. The molecule has 5 rings (SSSR count). The van der Waals surface area contributed by atoms with Gasteiger partial charge in [0.05, 0.1) is 12.1 Å². The van der Waals surface area contributed by atoms with Gasteiger partial charge in [-0.3, -0.25) is 9.59 Å². The number of rotatable bonds is 4. The molecule has 168 valence electrons. The van der Waals surface area contributed by atoms with Gasteiger partial charge < -0.3 is 10.6 Å². The second-order valence-electron chi connectivity index (χ2n) is 8.46. The number of amides is 1. The van der Waals surface area contributed by atoms with Crippen molar-refractivity contribution in [2.45, 2.75) is 18.0 Å². The minimum Gasteiger partial charge on any atom is -0.368 e. The highest BCUT2D eigenvalue weighted by molar-refractivity contribution is 6.30. The molecule has 4 atom stereocenters. The van der Waals surface area contributed by atoms with E-state index in [0.717, 1.165) is 5.56 Å². The normalized spacial score (nSPS) is 24.7. The Morgan fingerprint density at radius 2 is 1.71 bits per heavy atom. The first kappa shape index (κ1) is 21.9. The number of primary amides is 1. The fraction of sp³-hybridized carbons (Fsp3) is 0.148. The minimum atomic E-state index is -1.77. The van der Waals surface area contributed by atoms with Gasteiger partial charge in [-0.1, -0.05) is 54.1 Å². The lowest BCUT2D eigenvalue weighted by Gasteiger charge is -2.36. The molecule has 7 heteroatoms. The molecule has 0 saturated carbocycles. The first-order chi connectivity index (χ1) is 16.4. The lowest BCUT2D eigenvalue weighted by atomic mass is 9.67. The van der Waals surface area contributed by atoms with Crippen LogP contribution in [0.2, 0.25) is 5.02 Å². The zero-order chi connectivity index (χ0) is 24.0. The molecule has 1 saturated heterocycles. The molecule has 3 aromatic rings. The van der Waals surface area contributed by atoms with E-state index in [1.54, 1.807) is 30.3 Å². The summed E-state index contributed by atoms with van der Waals surface area (Å²) in [5.74, 6) is -2.54. The maximum Gasteiger partial charge on any atom is 0.241 e. The fourth-order valence-electron chi connectivity index (χ4n) is 5.26. The van der Waals surface area contributed by atoms with Gasteiger partial charge in [0.1, 0.15) is 11.9 Å². The van der Waals surface area contributed by atoms with E-state index < -0.39 is 35.1 Å². The Hall–Kier alpha value is -3.95. The van der Waals surface area contributed by atoms with Gasteiger partial charge in [0.15, 0.2) is 11.2 Å². The van der Waals surface area contributed by atoms with E-state index in [-0.39, 0.29) is 5.78 Å². The highest BCUT2D eigenvalue weighted by Gasteiger charge is 2.65. The topological polar surface area (TPSA) is 87.2 Å². The van der Waals surface area contributed by atoms with E-state index >= 15 is 0 Å². The van der Waals surface area contributed by atoms with Crippen LogP contribution in [0.25, 0.3) is 6.08 Å². The van der Waals surface area contributed by atoms with Crippen LogP contribution in [0.15, 0.2) is 78.9 Å². The third-order valence-electron chi connectivity index (χ3n) is 6.76. The van der Waals surface area contributed by atoms with Crippen LogP contribution < -0.4 is 10.6 Å². The molecule has 5 nitrogen and oxygen atoms in total. The summed E-state index contributed by atoms with van der Waals surface area (Å²) in [5, 5.41) is 10.9. The quantitative estimate of drug-likeness (QED) is 0.557. The van der Waals surface area contributed by atoms with Gasteiger partial charge in [0, 0.05) is 22.2 Å². The van der Waals surface area contributed by atoms with Crippen molar-refractivity contribution in [1.29, 1.82) is 5.26 Å². The number of hydrogen-bond acceptors (Lipinski definition) is 4. The highest BCUT2D eigenvalue weighted by Crippen LogP contribution is 2.55. The van der Waals surface area contributed by atoms with Gasteiger partial charge >= 0.3 is 0 Å². The van der Waals surface area contributed by atoms with Crippen molar-refractivity contribution in [3.8, 4) is 6.07 Å². The highest BCUT2D eigenvalue weighted by atomic mass is 35.5. The summed E-state index contributed by atoms with van der Waals surface area (Å²) in [7, 11) is 0. The molecule has 1 fully saturated rings. The summed E-state index contributed by atoms with van der Waals surface area (Å²) in [6.07, 6.45) is 3.59. The average molecular weight is 472 g/mol.